The molecule has 4 rings (SSSR count). The average molecular weight is 396 g/mol. The topological polar surface area (TPSA) is 77.1 Å². The van der Waals surface area contributed by atoms with Crippen LogP contribution in [0, 0.1) is 5.92 Å². The summed E-state index contributed by atoms with van der Waals surface area (Å²) < 4.78 is 16.2. The molecule has 2 amide bonds. The van der Waals surface area contributed by atoms with Gasteiger partial charge in [0.15, 0.2) is 11.5 Å². The first-order chi connectivity index (χ1) is 14.1. The van der Waals surface area contributed by atoms with Gasteiger partial charge in [0.2, 0.25) is 18.6 Å². The van der Waals surface area contributed by atoms with Gasteiger partial charge in [-0.2, -0.15) is 0 Å². The Hall–Kier alpha value is -3.22. The molecule has 0 saturated carbocycles. The summed E-state index contributed by atoms with van der Waals surface area (Å²) in [7, 11) is 0. The molecule has 1 saturated heterocycles. The Kier molecular flexibility index (Phi) is 5.55. The molecule has 0 radical (unpaired) electrons. The van der Waals surface area contributed by atoms with Gasteiger partial charge in [0.1, 0.15) is 5.75 Å². The van der Waals surface area contributed by atoms with Gasteiger partial charge in [-0.3, -0.25) is 9.59 Å². The van der Waals surface area contributed by atoms with Crippen molar-refractivity contribution in [1.82, 2.24) is 5.32 Å². The number of anilines is 1. The molecule has 0 spiro atoms. The van der Waals surface area contributed by atoms with Crippen molar-refractivity contribution in [3.05, 3.63) is 48.0 Å². The predicted octanol–water partition coefficient (Wildman–Crippen LogP) is 2.87. The van der Waals surface area contributed by atoms with Crippen molar-refractivity contribution in [2.24, 2.45) is 5.92 Å². The van der Waals surface area contributed by atoms with E-state index in [4.69, 9.17) is 14.2 Å². The Morgan fingerprint density at radius 1 is 1.17 bits per heavy atom. The van der Waals surface area contributed by atoms with Crippen LogP contribution in [-0.4, -0.2) is 31.8 Å². The highest BCUT2D eigenvalue weighted by atomic mass is 16.7. The molecule has 2 heterocycles. The summed E-state index contributed by atoms with van der Waals surface area (Å²) in [6.07, 6.45) is 1.15. The van der Waals surface area contributed by atoms with Crippen molar-refractivity contribution >= 4 is 17.5 Å². The molecule has 2 aliphatic rings. The maximum atomic E-state index is 12.6. The number of carbonyl (C=O) groups is 2. The van der Waals surface area contributed by atoms with Crippen molar-refractivity contribution in [2.75, 3.05) is 24.8 Å². The van der Waals surface area contributed by atoms with Crippen LogP contribution in [0.4, 0.5) is 5.69 Å². The van der Waals surface area contributed by atoms with Gasteiger partial charge in [-0.05, 0) is 48.4 Å². The second-order valence-electron chi connectivity index (χ2n) is 7.15. The third-order valence-electron chi connectivity index (χ3n) is 5.02. The number of hydrogen-bond acceptors (Lipinski definition) is 5. The normalized spacial score (nSPS) is 17.5. The summed E-state index contributed by atoms with van der Waals surface area (Å²) in [5, 5.41) is 2.92. The van der Waals surface area contributed by atoms with E-state index in [1.807, 2.05) is 42.5 Å². The van der Waals surface area contributed by atoms with Crippen LogP contribution in [0.1, 0.15) is 25.3 Å². The molecular formula is C22H24N2O5. The largest absolute Gasteiger partial charge is 0.494 e. The molecule has 2 aliphatic heterocycles. The standard InChI is InChI=1S/C22H24N2O5/c1-2-9-27-18-6-4-17(5-7-18)24-13-16(11-21(24)25)22(26)23-12-15-3-8-19-20(10-15)29-14-28-19/h3-8,10,16H,2,9,11-14H2,1H3,(H,23,26). The Morgan fingerprint density at radius 3 is 2.76 bits per heavy atom. The SMILES string of the molecule is CCCOc1ccc(N2CC(C(=O)NCc3ccc4c(c3)OCO4)CC2=O)cc1. The molecule has 1 unspecified atom stereocenters. The number of nitrogens with zero attached hydrogens (tertiary/aromatic N) is 1. The quantitative estimate of drug-likeness (QED) is 0.779. The lowest BCUT2D eigenvalue weighted by Gasteiger charge is -2.17. The van der Waals surface area contributed by atoms with Crippen LogP contribution in [0.2, 0.25) is 0 Å². The third kappa shape index (κ3) is 4.29. The van der Waals surface area contributed by atoms with E-state index in [9.17, 15) is 9.59 Å². The monoisotopic (exact) mass is 396 g/mol. The van der Waals surface area contributed by atoms with Gasteiger partial charge in [-0.15, -0.1) is 0 Å². The first kappa shape index (κ1) is 19.1. The Morgan fingerprint density at radius 2 is 1.97 bits per heavy atom. The van der Waals surface area contributed by atoms with Crippen LogP contribution in [-0.2, 0) is 16.1 Å². The lowest BCUT2D eigenvalue weighted by atomic mass is 10.1. The lowest BCUT2D eigenvalue weighted by molar-refractivity contribution is -0.126. The highest BCUT2D eigenvalue weighted by molar-refractivity contribution is 6.00. The molecule has 0 bridgehead atoms. The number of fused-ring (bicyclic) bond motifs is 1. The van der Waals surface area contributed by atoms with Crippen molar-refractivity contribution < 1.29 is 23.8 Å². The van der Waals surface area contributed by atoms with E-state index < -0.39 is 0 Å². The summed E-state index contributed by atoms with van der Waals surface area (Å²) in [5.41, 5.74) is 1.70. The molecule has 1 atom stereocenters. The second kappa shape index (κ2) is 8.43. The van der Waals surface area contributed by atoms with E-state index in [-0.39, 0.29) is 30.9 Å². The van der Waals surface area contributed by atoms with Crippen molar-refractivity contribution in [1.29, 1.82) is 0 Å². The Labute approximate surface area is 169 Å². The van der Waals surface area contributed by atoms with Crippen LogP contribution < -0.4 is 24.4 Å². The van der Waals surface area contributed by atoms with Crippen molar-refractivity contribution in [3.63, 3.8) is 0 Å². The molecule has 2 aromatic carbocycles. The summed E-state index contributed by atoms with van der Waals surface area (Å²) >= 11 is 0. The molecule has 1 N–H and O–H groups in total. The molecule has 152 valence electrons. The zero-order valence-electron chi connectivity index (χ0n) is 16.3. The number of hydrogen-bond donors (Lipinski definition) is 1. The van der Waals surface area contributed by atoms with Crippen molar-refractivity contribution in [2.45, 2.75) is 26.3 Å². The van der Waals surface area contributed by atoms with E-state index in [2.05, 4.69) is 12.2 Å². The van der Waals surface area contributed by atoms with Gasteiger partial charge in [-0.25, -0.2) is 0 Å². The zero-order valence-corrected chi connectivity index (χ0v) is 16.3. The number of rotatable bonds is 7. The first-order valence-electron chi connectivity index (χ1n) is 9.83. The zero-order chi connectivity index (χ0) is 20.2. The molecule has 7 heteroatoms. The van der Waals surface area contributed by atoms with Gasteiger partial charge < -0.3 is 24.4 Å². The van der Waals surface area contributed by atoms with Crippen LogP contribution in [0.3, 0.4) is 0 Å². The van der Waals surface area contributed by atoms with E-state index in [1.165, 1.54) is 0 Å². The number of nitrogens with one attached hydrogen (secondary N) is 1. The number of carbonyl (C=O) groups excluding carboxylic acids is 2. The summed E-state index contributed by atoms with van der Waals surface area (Å²) in [4.78, 5) is 26.7. The summed E-state index contributed by atoms with van der Waals surface area (Å²) in [6.45, 7) is 3.68. The highest BCUT2D eigenvalue weighted by Gasteiger charge is 2.35. The summed E-state index contributed by atoms with van der Waals surface area (Å²) in [6, 6.07) is 13.0. The van der Waals surface area contributed by atoms with Gasteiger partial charge in [0.05, 0.1) is 12.5 Å². The Bertz CT molecular complexity index is 897. The van der Waals surface area contributed by atoms with Crippen LogP contribution in [0.25, 0.3) is 0 Å². The first-order valence-corrected chi connectivity index (χ1v) is 9.83. The molecule has 0 aliphatic carbocycles. The minimum Gasteiger partial charge on any atom is -0.494 e. The van der Waals surface area contributed by atoms with Gasteiger partial charge in [-0.1, -0.05) is 13.0 Å². The maximum absolute atomic E-state index is 12.6. The number of amides is 2. The third-order valence-corrected chi connectivity index (χ3v) is 5.02. The lowest BCUT2D eigenvalue weighted by Crippen LogP contribution is -2.32. The van der Waals surface area contributed by atoms with Gasteiger partial charge in [0, 0.05) is 25.2 Å². The highest BCUT2D eigenvalue weighted by Crippen LogP contribution is 2.32. The molecule has 7 nitrogen and oxygen atoms in total. The molecular weight excluding hydrogens is 372 g/mol. The fourth-order valence-electron chi connectivity index (χ4n) is 3.46. The fraction of sp³-hybridized carbons (Fsp3) is 0.364. The minimum atomic E-state index is -0.368. The predicted molar refractivity (Wildman–Crippen MR) is 107 cm³/mol. The average Bonchev–Trinajstić information content (AvgIpc) is 3.37. The fourth-order valence-corrected chi connectivity index (χ4v) is 3.46. The van der Waals surface area contributed by atoms with E-state index in [0.717, 1.165) is 23.4 Å². The smallest absolute Gasteiger partial charge is 0.231 e. The molecule has 2 aromatic rings. The minimum absolute atomic E-state index is 0.0459. The number of benzene rings is 2. The molecule has 0 aromatic heterocycles. The number of ether oxygens (including phenoxy) is 3. The van der Waals surface area contributed by atoms with Crippen molar-refractivity contribution in [3.8, 4) is 17.2 Å². The summed E-state index contributed by atoms with van der Waals surface area (Å²) in [5.74, 6) is 1.64. The van der Waals surface area contributed by atoms with Gasteiger partial charge >= 0.3 is 0 Å². The van der Waals surface area contributed by atoms with Crippen LogP contribution in [0.15, 0.2) is 42.5 Å². The molecule has 29 heavy (non-hydrogen) atoms. The molecule has 1 fully saturated rings. The van der Waals surface area contributed by atoms with E-state index >= 15 is 0 Å². The van der Waals surface area contributed by atoms with E-state index in [0.29, 0.717) is 31.2 Å². The Balaban J connectivity index is 1.33. The van der Waals surface area contributed by atoms with Gasteiger partial charge in [0.25, 0.3) is 0 Å². The van der Waals surface area contributed by atoms with Crippen LogP contribution in [0.5, 0.6) is 17.2 Å². The second-order valence-corrected chi connectivity index (χ2v) is 7.15. The van der Waals surface area contributed by atoms with Crippen LogP contribution >= 0.6 is 0 Å². The van der Waals surface area contributed by atoms with E-state index in [1.54, 1.807) is 4.90 Å². The maximum Gasteiger partial charge on any atom is 0.231 e.